The minimum absolute atomic E-state index is 0.0223. The van der Waals surface area contributed by atoms with Crippen molar-refractivity contribution >= 4 is 55.6 Å². The first kappa shape index (κ1) is 12.5. The van der Waals surface area contributed by atoms with Crippen LogP contribution in [-0.4, -0.2) is 35.9 Å². The quantitative estimate of drug-likeness (QED) is 0.679. The Kier molecular flexibility index (Phi) is 5.23. The molecule has 0 aromatic heterocycles. The second-order valence-corrected chi connectivity index (χ2v) is 11.4. The van der Waals surface area contributed by atoms with Crippen molar-refractivity contribution < 1.29 is 0 Å². The van der Waals surface area contributed by atoms with Crippen LogP contribution in [0.2, 0.25) is 8.39 Å². The van der Waals surface area contributed by atoms with Gasteiger partial charge >= 0.3 is 119 Å². The maximum atomic E-state index is 5.86. The van der Waals surface area contributed by atoms with Crippen molar-refractivity contribution in [3.05, 3.63) is 59.6 Å². The summed E-state index contributed by atoms with van der Waals surface area (Å²) in [6, 6.07) is 19.1. The van der Waals surface area contributed by atoms with E-state index in [0.29, 0.717) is 15.0 Å². The molecule has 0 aliphatic carbocycles. The average molecular weight is 409 g/mol. The molecule has 0 N–H and O–H groups in total. The molecule has 0 aliphatic rings. The van der Waals surface area contributed by atoms with Crippen LogP contribution >= 0.6 is 11.6 Å². The van der Waals surface area contributed by atoms with Gasteiger partial charge in [0.15, 0.2) is 0 Å². The summed E-state index contributed by atoms with van der Waals surface area (Å²) in [5.41, 5.74) is 0. The third-order valence-electron chi connectivity index (χ3n) is 2.01. The van der Waals surface area contributed by atoms with Gasteiger partial charge in [0.25, 0.3) is 0 Å². The van der Waals surface area contributed by atoms with Gasteiger partial charge in [-0.1, -0.05) is 0 Å². The fourth-order valence-electron chi connectivity index (χ4n) is 1.21. The molecule has 2 aromatic rings. The Morgan fingerprint density at radius 3 is 2.31 bits per heavy atom. The Labute approximate surface area is 118 Å². The van der Waals surface area contributed by atoms with E-state index in [1.165, 1.54) is 11.4 Å². The molecule has 82 valence electrons. The van der Waals surface area contributed by atoms with E-state index in [1.54, 1.807) is 0 Å². The molecule has 0 fully saturated rings. The van der Waals surface area contributed by atoms with E-state index >= 15 is 0 Å². The number of rotatable bonds is 4. The van der Waals surface area contributed by atoms with Crippen LogP contribution in [-0.2, 0) is 0 Å². The van der Waals surface area contributed by atoms with Crippen molar-refractivity contribution in [1.82, 2.24) is 0 Å². The molecule has 0 aliphatic heterocycles. The molecule has 0 spiro atoms. The number of hydrogen-bond donors (Lipinski definition) is 0. The third-order valence-corrected chi connectivity index (χ3v) is 9.25. The van der Waals surface area contributed by atoms with Gasteiger partial charge in [0, 0.05) is 0 Å². The van der Waals surface area contributed by atoms with Crippen molar-refractivity contribution in [3.8, 4) is 0 Å². The molecule has 0 unspecified atom stereocenters. The van der Waals surface area contributed by atoms with E-state index in [0.717, 1.165) is 5.02 Å². The standard InChI is InChI=1S/C13H11ClSeTe/c14-11-6-8-13(9-7-11)16-10-15-12-4-2-1-3-5-12/h1-9H,10H2. The molecule has 0 saturated heterocycles. The van der Waals surface area contributed by atoms with Crippen LogP contribution < -0.4 is 8.07 Å². The summed E-state index contributed by atoms with van der Waals surface area (Å²) in [6.45, 7) is 0. The monoisotopic (exact) mass is 412 g/mol. The van der Waals surface area contributed by atoms with Crippen LogP contribution in [0.25, 0.3) is 0 Å². The third kappa shape index (κ3) is 4.13. The molecule has 0 bridgehead atoms. The molecular weight excluding hydrogens is 398 g/mol. The average Bonchev–Trinajstić information content (AvgIpc) is 2.33. The molecule has 2 aromatic carbocycles. The fourth-order valence-corrected chi connectivity index (χ4v) is 8.62. The molecule has 0 atom stereocenters. The molecule has 0 radical (unpaired) electrons. The molecule has 0 heterocycles. The summed E-state index contributed by atoms with van der Waals surface area (Å²) >= 11 is 6.48. The van der Waals surface area contributed by atoms with Gasteiger partial charge < -0.3 is 0 Å². The summed E-state index contributed by atoms with van der Waals surface area (Å²) in [4.78, 5) is 0. The number of benzene rings is 2. The zero-order valence-electron chi connectivity index (χ0n) is 8.60. The zero-order valence-corrected chi connectivity index (χ0v) is 13.4. The molecule has 3 heteroatoms. The zero-order chi connectivity index (χ0) is 11.2. The summed E-state index contributed by atoms with van der Waals surface area (Å²) in [5.74, 6) is 0. The van der Waals surface area contributed by atoms with Crippen LogP contribution in [0.15, 0.2) is 54.6 Å². The Bertz CT molecular complexity index is 427. The van der Waals surface area contributed by atoms with Gasteiger partial charge in [-0.05, 0) is 0 Å². The first-order chi connectivity index (χ1) is 7.84. The van der Waals surface area contributed by atoms with E-state index in [2.05, 4.69) is 42.5 Å². The van der Waals surface area contributed by atoms with Crippen molar-refractivity contribution in [3.63, 3.8) is 0 Å². The predicted octanol–water partition coefficient (Wildman–Crippen LogP) is 2.07. The Hall–Kier alpha value is 0.0391. The van der Waals surface area contributed by atoms with Crippen molar-refractivity contribution in [2.75, 3.05) is 0 Å². The van der Waals surface area contributed by atoms with Crippen molar-refractivity contribution in [2.24, 2.45) is 0 Å². The Balaban J connectivity index is 1.82. The topological polar surface area (TPSA) is 0 Å². The fraction of sp³-hybridized carbons (Fsp3) is 0.0769. The van der Waals surface area contributed by atoms with Crippen LogP contribution in [0, 0.1) is 0 Å². The van der Waals surface area contributed by atoms with Crippen LogP contribution in [0.5, 0.6) is 0 Å². The Morgan fingerprint density at radius 1 is 0.938 bits per heavy atom. The van der Waals surface area contributed by atoms with E-state index in [1.807, 2.05) is 12.1 Å². The van der Waals surface area contributed by atoms with Crippen molar-refractivity contribution in [1.29, 1.82) is 0 Å². The summed E-state index contributed by atoms with van der Waals surface area (Å²) < 4.78 is 4.39. The molecule has 0 saturated carbocycles. The van der Waals surface area contributed by atoms with Gasteiger partial charge in [-0.15, -0.1) is 0 Å². The van der Waals surface area contributed by atoms with E-state index in [4.69, 9.17) is 11.6 Å². The van der Waals surface area contributed by atoms with Gasteiger partial charge in [-0.2, -0.15) is 0 Å². The summed E-state index contributed by atoms with van der Waals surface area (Å²) in [6.07, 6.45) is 0. The maximum absolute atomic E-state index is 5.86. The molecule has 2 rings (SSSR count). The first-order valence-electron chi connectivity index (χ1n) is 4.91. The van der Waals surface area contributed by atoms with Crippen LogP contribution in [0.1, 0.15) is 0 Å². The van der Waals surface area contributed by atoms with Gasteiger partial charge in [0.1, 0.15) is 0 Å². The van der Waals surface area contributed by atoms with Crippen molar-refractivity contribution in [2.45, 2.75) is 3.37 Å². The van der Waals surface area contributed by atoms with Gasteiger partial charge in [-0.25, -0.2) is 0 Å². The second-order valence-electron chi connectivity index (χ2n) is 3.17. The van der Waals surface area contributed by atoms with Crippen LogP contribution in [0.3, 0.4) is 0 Å². The first-order valence-corrected chi connectivity index (χ1v) is 10.2. The SMILES string of the molecule is Clc1ccc([Te]C[Se]c2ccccc2)cc1. The van der Waals surface area contributed by atoms with Gasteiger partial charge in [-0.3, -0.25) is 0 Å². The van der Waals surface area contributed by atoms with Gasteiger partial charge in [0.2, 0.25) is 0 Å². The number of halogens is 1. The van der Waals surface area contributed by atoms with Gasteiger partial charge in [0.05, 0.1) is 0 Å². The summed E-state index contributed by atoms with van der Waals surface area (Å²) in [5, 5.41) is 0.838. The van der Waals surface area contributed by atoms with E-state index < -0.39 is 0 Å². The van der Waals surface area contributed by atoms with E-state index in [-0.39, 0.29) is 20.9 Å². The molecular formula is C13H11ClSeTe. The Morgan fingerprint density at radius 2 is 1.62 bits per heavy atom. The molecule has 0 amide bonds. The van der Waals surface area contributed by atoms with E-state index in [9.17, 15) is 0 Å². The normalized spacial score (nSPS) is 10.3. The predicted molar refractivity (Wildman–Crippen MR) is 73.5 cm³/mol. The second kappa shape index (κ2) is 6.70. The molecule has 16 heavy (non-hydrogen) atoms. The molecule has 0 nitrogen and oxygen atoms in total. The number of hydrogen-bond acceptors (Lipinski definition) is 0. The van der Waals surface area contributed by atoms with Crippen LogP contribution in [0.4, 0.5) is 0 Å². The summed E-state index contributed by atoms with van der Waals surface area (Å²) in [7, 11) is 0. The minimum atomic E-state index is -0.0223.